The van der Waals surface area contributed by atoms with Gasteiger partial charge in [-0.05, 0) is 40.5 Å². The fourth-order valence-electron chi connectivity index (χ4n) is 2.12. The smallest absolute Gasteiger partial charge is 0.270 e. The highest BCUT2D eigenvalue weighted by molar-refractivity contribution is 5.93. The summed E-state index contributed by atoms with van der Waals surface area (Å²) in [5.74, 6) is 1.32. The highest BCUT2D eigenvalue weighted by Gasteiger charge is 2.18. The van der Waals surface area contributed by atoms with Gasteiger partial charge in [-0.3, -0.25) is 4.79 Å². The summed E-state index contributed by atoms with van der Waals surface area (Å²) in [6.07, 6.45) is 2.10. The van der Waals surface area contributed by atoms with Crippen molar-refractivity contribution >= 4 is 11.7 Å². The first-order chi connectivity index (χ1) is 9.76. The maximum Gasteiger partial charge on any atom is 0.270 e. The molecule has 0 saturated carbocycles. The summed E-state index contributed by atoms with van der Waals surface area (Å²) in [4.78, 5) is 23.2. The highest BCUT2D eigenvalue weighted by atomic mass is 16.2. The van der Waals surface area contributed by atoms with Crippen LogP contribution in [0.2, 0.25) is 0 Å². The molecule has 5 heteroatoms. The molecule has 5 nitrogen and oxygen atoms in total. The van der Waals surface area contributed by atoms with Gasteiger partial charge in [-0.1, -0.05) is 13.8 Å². The average Bonchev–Trinajstić information content (AvgIpc) is 2.35. The molecule has 0 unspecified atom stereocenters. The lowest BCUT2D eigenvalue weighted by Gasteiger charge is -2.24. The van der Waals surface area contributed by atoms with E-state index in [0.717, 1.165) is 31.7 Å². The number of amides is 1. The lowest BCUT2D eigenvalue weighted by atomic mass is 10.1. The van der Waals surface area contributed by atoms with Gasteiger partial charge in [-0.15, -0.1) is 0 Å². The van der Waals surface area contributed by atoms with Gasteiger partial charge in [0.2, 0.25) is 0 Å². The molecule has 1 aromatic rings. The van der Waals surface area contributed by atoms with Gasteiger partial charge in [-0.25, -0.2) is 9.97 Å². The zero-order chi connectivity index (χ0) is 16.0. The second-order valence-electron chi connectivity index (χ2n) is 6.35. The molecule has 0 fully saturated rings. The molecule has 0 aliphatic rings. The van der Waals surface area contributed by atoms with Crippen LogP contribution in [-0.2, 0) is 0 Å². The Labute approximate surface area is 128 Å². The van der Waals surface area contributed by atoms with Gasteiger partial charge in [0.25, 0.3) is 5.91 Å². The summed E-state index contributed by atoms with van der Waals surface area (Å²) in [7, 11) is 0. The van der Waals surface area contributed by atoms with Gasteiger partial charge in [0.05, 0.1) is 0 Å². The maximum atomic E-state index is 12.3. The summed E-state index contributed by atoms with van der Waals surface area (Å²) >= 11 is 0. The van der Waals surface area contributed by atoms with Gasteiger partial charge < -0.3 is 10.2 Å². The third-order valence-electron chi connectivity index (χ3n) is 2.86. The molecular weight excluding hydrogens is 264 g/mol. The van der Waals surface area contributed by atoms with Crippen LogP contribution in [-0.4, -0.2) is 34.5 Å². The van der Waals surface area contributed by atoms with Crippen molar-refractivity contribution in [3.05, 3.63) is 17.6 Å². The Hall–Kier alpha value is -1.65. The first-order valence-corrected chi connectivity index (χ1v) is 7.70. The minimum atomic E-state index is -0.275. The standard InChI is InChI=1S/C16H28N4O/c1-7-9-20(10-8-2)14-11-13(17-12(3)18-14)15(21)19-16(4,5)6/h11H,7-10H2,1-6H3,(H,19,21). The number of aromatic nitrogens is 2. The Kier molecular flexibility index (Phi) is 6.12. The van der Waals surface area contributed by atoms with Crippen molar-refractivity contribution in [3.8, 4) is 0 Å². The van der Waals surface area contributed by atoms with Crippen molar-refractivity contribution in [2.24, 2.45) is 0 Å². The predicted molar refractivity (Wildman–Crippen MR) is 86.8 cm³/mol. The number of aryl methyl sites for hydroxylation is 1. The molecule has 1 amide bonds. The SMILES string of the molecule is CCCN(CCC)c1cc(C(=O)NC(C)(C)C)nc(C)n1. The third kappa shape index (κ3) is 5.69. The number of carbonyl (C=O) groups is 1. The van der Waals surface area contributed by atoms with Crippen LogP contribution in [0.1, 0.15) is 63.8 Å². The van der Waals surface area contributed by atoms with E-state index in [1.54, 1.807) is 6.07 Å². The number of carbonyl (C=O) groups excluding carboxylic acids is 1. The fraction of sp³-hybridized carbons (Fsp3) is 0.688. The summed E-state index contributed by atoms with van der Waals surface area (Å²) in [6.45, 7) is 13.9. The molecule has 0 spiro atoms. The molecule has 0 aliphatic heterocycles. The van der Waals surface area contributed by atoms with Crippen LogP contribution >= 0.6 is 0 Å². The van der Waals surface area contributed by atoms with Crippen molar-refractivity contribution in [1.29, 1.82) is 0 Å². The van der Waals surface area contributed by atoms with Crippen LogP contribution in [0.5, 0.6) is 0 Å². The quantitative estimate of drug-likeness (QED) is 0.876. The van der Waals surface area contributed by atoms with Crippen molar-refractivity contribution in [3.63, 3.8) is 0 Å². The molecular formula is C16H28N4O. The zero-order valence-electron chi connectivity index (χ0n) is 14.2. The van der Waals surface area contributed by atoms with E-state index in [2.05, 4.69) is 34.0 Å². The van der Waals surface area contributed by atoms with Gasteiger partial charge in [0.1, 0.15) is 17.3 Å². The molecule has 0 aromatic carbocycles. The van der Waals surface area contributed by atoms with E-state index in [-0.39, 0.29) is 11.4 Å². The Balaban J connectivity index is 3.05. The molecule has 0 radical (unpaired) electrons. The lowest BCUT2D eigenvalue weighted by Crippen LogP contribution is -2.41. The van der Waals surface area contributed by atoms with Crippen LogP contribution in [0.15, 0.2) is 6.07 Å². The molecule has 118 valence electrons. The van der Waals surface area contributed by atoms with Gasteiger partial charge in [0.15, 0.2) is 0 Å². The van der Waals surface area contributed by atoms with E-state index in [1.165, 1.54) is 0 Å². The highest BCUT2D eigenvalue weighted by Crippen LogP contribution is 2.14. The maximum absolute atomic E-state index is 12.3. The first-order valence-electron chi connectivity index (χ1n) is 7.70. The monoisotopic (exact) mass is 292 g/mol. The fourth-order valence-corrected chi connectivity index (χ4v) is 2.12. The predicted octanol–water partition coefficient (Wildman–Crippen LogP) is 2.94. The van der Waals surface area contributed by atoms with E-state index in [0.29, 0.717) is 11.5 Å². The topological polar surface area (TPSA) is 58.1 Å². The van der Waals surface area contributed by atoms with E-state index in [4.69, 9.17) is 0 Å². The Morgan fingerprint density at radius 2 is 1.76 bits per heavy atom. The molecule has 0 aliphatic carbocycles. The first kappa shape index (κ1) is 17.4. The molecule has 0 atom stereocenters. The van der Waals surface area contributed by atoms with E-state index < -0.39 is 0 Å². The van der Waals surface area contributed by atoms with Gasteiger partial charge >= 0.3 is 0 Å². The van der Waals surface area contributed by atoms with Crippen LogP contribution in [0.25, 0.3) is 0 Å². The van der Waals surface area contributed by atoms with Gasteiger partial charge in [0, 0.05) is 24.7 Å². The summed E-state index contributed by atoms with van der Waals surface area (Å²) in [6, 6.07) is 1.79. The van der Waals surface area contributed by atoms with E-state index in [9.17, 15) is 4.79 Å². The molecule has 1 aromatic heterocycles. The number of nitrogens with zero attached hydrogens (tertiary/aromatic N) is 3. The van der Waals surface area contributed by atoms with E-state index in [1.807, 2.05) is 27.7 Å². The minimum absolute atomic E-state index is 0.151. The molecule has 1 N–H and O–H groups in total. The molecule has 1 heterocycles. The van der Waals surface area contributed by atoms with Crippen LogP contribution in [0, 0.1) is 6.92 Å². The Morgan fingerprint density at radius 1 is 1.19 bits per heavy atom. The average molecular weight is 292 g/mol. The van der Waals surface area contributed by atoms with Crippen molar-refractivity contribution < 1.29 is 4.79 Å². The molecule has 1 rings (SSSR count). The third-order valence-corrected chi connectivity index (χ3v) is 2.86. The van der Waals surface area contributed by atoms with Crippen molar-refractivity contribution in [2.75, 3.05) is 18.0 Å². The van der Waals surface area contributed by atoms with Crippen molar-refractivity contribution in [2.45, 2.75) is 59.9 Å². The number of anilines is 1. The molecule has 0 saturated heterocycles. The Bertz CT molecular complexity index is 474. The minimum Gasteiger partial charge on any atom is -0.357 e. The second-order valence-corrected chi connectivity index (χ2v) is 6.35. The van der Waals surface area contributed by atoms with Gasteiger partial charge in [-0.2, -0.15) is 0 Å². The van der Waals surface area contributed by atoms with E-state index >= 15 is 0 Å². The van der Waals surface area contributed by atoms with Crippen LogP contribution in [0.4, 0.5) is 5.82 Å². The number of hydrogen-bond donors (Lipinski definition) is 1. The number of rotatable bonds is 6. The number of hydrogen-bond acceptors (Lipinski definition) is 4. The zero-order valence-corrected chi connectivity index (χ0v) is 14.2. The molecule has 21 heavy (non-hydrogen) atoms. The summed E-state index contributed by atoms with van der Waals surface area (Å²) in [5, 5.41) is 2.95. The van der Waals surface area contributed by atoms with Crippen LogP contribution in [0.3, 0.4) is 0 Å². The second kappa shape index (κ2) is 7.38. The lowest BCUT2D eigenvalue weighted by molar-refractivity contribution is 0.0914. The summed E-state index contributed by atoms with van der Waals surface area (Å²) < 4.78 is 0. The van der Waals surface area contributed by atoms with Crippen LogP contribution < -0.4 is 10.2 Å². The van der Waals surface area contributed by atoms with Crippen molar-refractivity contribution in [1.82, 2.24) is 15.3 Å². The molecule has 0 bridgehead atoms. The largest absolute Gasteiger partial charge is 0.357 e. The normalized spacial score (nSPS) is 11.3. The number of nitrogens with one attached hydrogen (secondary N) is 1. The summed E-state index contributed by atoms with van der Waals surface area (Å²) in [5.41, 5.74) is 0.160. The Morgan fingerprint density at radius 3 is 2.24 bits per heavy atom.